The Morgan fingerprint density at radius 1 is 1.17 bits per heavy atom. The number of hydrogen-bond acceptors (Lipinski definition) is 2. The zero-order chi connectivity index (χ0) is 16.8. The molecule has 0 fully saturated rings. The van der Waals surface area contributed by atoms with Crippen molar-refractivity contribution in [2.24, 2.45) is 5.73 Å². The molecule has 0 aliphatic carbocycles. The summed E-state index contributed by atoms with van der Waals surface area (Å²) < 4.78 is 0. The van der Waals surface area contributed by atoms with Crippen molar-refractivity contribution in [1.29, 1.82) is 0 Å². The Kier molecular flexibility index (Phi) is 3.03. The molecule has 0 radical (unpaired) electrons. The predicted molar refractivity (Wildman–Crippen MR) is 94.5 cm³/mol. The number of para-hydroxylation sites is 1. The molecule has 1 aromatic heterocycles. The Labute approximate surface area is 138 Å². The second-order valence-electron chi connectivity index (χ2n) is 5.85. The van der Waals surface area contributed by atoms with E-state index in [1.54, 1.807) is 18.2 Å². The number of carbonyl (C=O) groups excluding carboxylic acids is 2. The molecular weight excluding hydrogens is 302 g/mol. The van der Waals surface area contributed by atoms with Crippen LogP contribution in [0.2, 0.25) is 0 Å². The number of H-pyrrole nitrogens is 1. The van der Waals surface area contributed by atoms with Gasteiger partial charge in [-0.15, -0.1) is 0 Å². The SMILES string of the molecule is Cc1c(C=C2C(=O)Nc3ccc(C(N)=O)cc32)[nH]c2ccccc12. The maximum Gasteiger partial charge on any atom is 0.256 e. The van der Waals surface area contributed by atoms with E-state index in [9.17, 15) is 9.59 Å². The lowest BCUT2D eigenvalue weighted by Crippen LogP contribution is -2.10. The zero-order valence-electron chi connectivity index (χ0n) is 13.0. The van der Waals surface area contributed by atoms with E-state index in [0.29, 0.717) is 22.4 Å². The maximum atomic E-state index is 12.3. The number of amides is 2. The second kappa shape index (κ2) is 5.09. The van der Waals surface area contributed by atoms with Crippen LogP contribution >= 0.6 is 0 Å². The summed E-state index contributed by atoms with van der Waals surface area (Å²) in [6, 6.07) is 12.9. The Morgan fingerprint density at radius 2 is 1.96 bits per heavy atom. The lowest BCUT2D eigenvalue weighted by Gasteiger charge is -2.01. The third-order valence-corrected chi connectivity index (χ3v) is 4.38. The normalized spacial score (nSPS) is 14.9. The highest BCUT2D eigenvalue weighted by Crippen LogP contribution is 2.35. The first-order valence-electron chi connectivity index (χ1n) is 7.59. The van der Waals surface area contributed by atoms with Crippen molar-refractivity contribution < 1.29 is 9.59 Å². The number of nitrogens with two attached hydrogens (primary N) is 1. The molecular formula is C19H15N3O2. The molecule has 4 rings (SSSR count). The molecule has 2 heterocycles. The topological polar surface area (TPSA) is 88.0 Å². The number of primary amides is 1. The number of aromatic amines is 1. The minimum atomic E-state index is -0.515. The number of hydrogen-bond donors (Lipinski definition) is 3. The first kappa shape index (κ1) is 14.3. The first-order valence-corrected chi connectivity index (χ1v) is 7.59. The maximum absolute atomic E-state index is 12.3. The molecule has 1 aliphatic heterocycles. The van der Waals surface area contributed by atoms with E-state index in [4.69, 9.17) is 5.73 Å². The molecule has 0 bridgehead atoms. The number of fused-ring (bicyclic) bond motifs is 2. The second-order valence-corrected chi connectivity index (χ2v) is 5.85. The molecule has 5 nitrogen and oxygen atoms in total. The molecule has 2 aromatic carbocycles. The molecule has 1 aliphatic rings. The van der Waals surface area contributed by atoms with Crippen LogP contribution < -0.4 is 11.1 Å². The quantitative estimate of drug-likeness (QED) is 0.634. The number of aryl methyl sites for hydroxylation is 1. The lowest BCUT2D eigenvalue weighted by atomic mass is 10.0. The fourth-order valence-corrected chi connectivity index (χ4v) is 3.08. The summed E-state index contributed by atoms with van der Waals surface area (Å²) in [7, 11) is 0. The van der Waals surface area contributed by atoms with E-state index in [2.05, 4.69) is 10.3 Å². The van der Waals surface area contributed by atoms with Crippen LogP contribution in [0.25, 0.3) is 22.6 Å². The van der Waals surface area contributed by atoms with Gasteiger partial charge >= 0.3 is 0 Å². The Hall–Kier alpha value is -3.34. The minimum absolute atomic E-state index is 0.190. The molecule has 0 unspecified atom stereocenters. The van der Waals surface area contributed by atoms with E-state index in [1.807, 2.05) is 37.3 Å². The highest BCUT2D eigenvalue weighted by molar-refractivity contribution is 6.35. The summed E-state index contributed by atoms with van der Waals surface area (Å²) in [4.78, 5) is 27.1. The fourth-order valence-electron chi connectivity index (χ4n) is 3.08. The highest BCUT2D eigenvalue weighted by Gasteiger charge is 2.25. The standard InChI is InChI=1S/C19H15N3O2/c1-10-12-4-2-3-5-15(12)21-17(10)9-14-13-8-11(18(20)23)6-7-16(13)22-19(14)24/h2-9,21H,1H3,(H2,20,23)(H,22,24). The van der Waals surface area contributed by atoms with Crippen LogP contribution in [0, 0.1) is 6.92 Å². The fraction of sp³-hybridized carbons (Fsp3) is 0.0526. The smallest absolute Gasteiger partial charge is 0.256 e. The van der Waals surface area contributed by atoms with Crippen molar-refractivity contribution >= 4 is 40.1 Å². The van der Waals surface area contributed by atoms with Crippen LogP contribution in [0.5, 0.6) is 0 Å². The van der Waals surface area contributed by atoms with Gasteiger partial charge in [0.15, 0.2) is 0 Å². The molecule has 0 spiro atoms. The third kappa shape index (κ3) is 2.10. The van der Waals surface area contributed by atoms with E-state index >= 15 is 0 Å². The van der Waals surface area contributed by atoms with Crippen LogP contribution in [-0.2, 0) is 4.79 Å². The monoisotopic (exact) mass is 317 g/mol. The number of carbonyl (C=O) groups is 2. The van der Waals surface area contributed by atoms with Crippen molar-refractivity contribution in [2.45, 2.75) is 6.92 Å². The van der Waals surface area contributed by atoms with Gasteiger partial charge in [-0.25, -0.2) is 0 Å². The van der Waals surface area contributed by atoms with Gasteiger partial charge in [0.2, 0.25) is 5.91 Å². The van der Waals surface area contributed by atoms with Gasteiger partial charge in [0.1, 0.15) is 0 Å². The van der Waals surface area contributed by atoms with Crippen LogP contribution in [0.15, 0.2) is 42.5 Å². The summed E-state index contributed by atoms with van der Waals surface area (Å²) >= 11 is 0. The molecule has 0 saturated heterocycles. The van der Waals surface area contributed by atoms with Gasteiger partial charge in [-0.2, -0.15) is 0 Å². The average Bonchev–Trinajstić information content (AvgIpc) is 3.05. The molecule has 5 heteroatoms. The van der Waals surface area contributed by atoms with Crippen molar-refractivity contribution in [3.05, 3.63) is 64.8 Å². The number of anilines is 1. The number of benzene rings is 2. The summed E-state index contributed by atoms with van der Waals surface area (Å²) in [5.41, 5.74) is 10.6. The number of rotatable bonds is 2. The number of nitrogens with one attached hydrogen (secondary N) is 2. The van der Waals surface area contributed by atoms with E-state index in [0.717, 1.165) is 22.2 Å². The Balaban J connectivity index is 1.89. The number of aromatic nitrogens is 1. The highest BCUT2D eigenvalue weighted by atomic mass is 16.2. The molecule has 0 atom stereocenters. The van der Waals surface area contributed by atoms with Gasteiger partial charge in [0, 0.05) is 33.4 Å². The summed E-state index contributed by atoms with van der Waals surface area (Å²) in [6.07, 6.45) is 1.82. The molecule has 3 aromatic rings. The van der Waals surface area contributed by atoms with Gasteiger partial charge in [-0.3, -0.25) is 9.59 Å². The van der Waals surface area contributed by atoms with E-state index in [-0.39, 0.29) is 5.91 Å². The van der Waals surface area contributed by atoms with Crippen LogP contribution in [0.4, 0.5) is 5.69 Å². The summed E-state index contributed by atoms with van der Waals surface area (Å²) in [6.45, 7) is 2.01. The van der Waals surface area contributed by atoms with E-state index in [1.165, 1.54) is 0 Å². The third-order valence-electron chi connectivity index (χ3n) is 4.38. The van der Waals surface area contributed by atoms with Crippen molar-refractivity contribution in [3.63, 3.8) is 0 Å². The van der Waals surface area contributed by atoms with Gasteiger partial charge < -0.3 is 16.0 Å². The molecule has 2 amide bonds. The first-order chi connectivity index (χ1) is 11.5. The van der Waals surface area contributed by atoms with Gasteiger partial charge in [0.05, 0.1) is 5.57 Å². The largest absolute Gasteiger partial charge is 0.366 e. The predicted octanol–water partition coefficient (Wildman–Crippen LogP) is 3.07. The Morgan fingerprint density at radius 3 is 2.71 bits per heavy atom. The lowest BCUT2D eigenvalue weighted by molar-refractivity contribution is -0.110. The molecule has 24 heavy (non-hydrogen) atoms. The zero-order valence-corrected chi connectivity index (χ0v) is 13.0. The minimum Gasteiger partial charge on any atom is -0.366 e. The van der Waals surface area contributed by atoms with Crippen LogP contribution in [0.1, 0.15) is 27.2 Å². The van der Waals surface area contributed by atoms with Gasteiger partial charge in [0.25, 0.3) is 5.91 Å². The van der Waals surface area contributed by atoms with Crippen molar-refractivity contribution in [1.82, 2.24) is 4.98 Å². The summed E-state index contributed by atoms with van der Waals surface area (Å²) in [5.74, 6) is -0.706. The van der Waals surface area contributed by atoms with Crippen molar-refractivity contribution in [2.75, 3.05) is 5.32 Å². The molecule has 4 N–H and O–H groups in total. The summed E-state index contributed by atoms with van der Waals surface area (Å²) in [5, 5.41) is 3.93. The van der Waals surface area contributed by atoms with Crippen molar-refractivity contribution in [3.8, 4) is 0 Å². The average molecular weight is 317 g/mol. The Bertz CT molecular complexity index is 1040. The van der Waals surface area contributed by atoms with Crippen LogP contribution in [-0.4, -0.2) is 16.8 Å². The van der Waals surface area contributed by atoms with Gasteiger partial charge in [-0.05, 0) is 42.8 Å². The van der Waals surface area contributed by atoms with Crippen LogP contribution in [0.3, 0.4) is 0 Å². The van der Waals surface area contributed by atoms with E-state index < -0.39 is 5.91 Å². The molecule has 0 saturated carbocycles. The molecule has 118 valence electrons. The van der Waals surface area contributed by atoms with Gasteiger partial charge in [-0.1, -0.05) is 18.2 Å².